The molecule has 0 radical (unpaired) electrons. The normalized spacial score (nSPS) is 18.6. The van der Waals surface area contributed by atoms with Gasteiger partial charge in [-0.05, 0) is 29.0 Å². The Morgan fingerprint density at radius 1 is 1.70 bits per heavy atom. The summed E-state index contributed by atoms with van der Waals surface area (Å²) in [6.07, 6.45) is 1.38. The SMILES string of the molecule is CCNC(=O)C1CNCCN1c1cccnc1[N+](=O)[O-]. The van der Waals surface area contributed by atoms with Crippen molar-refractivity contribution in [1.82, 2.24) is 15.6 Å². The first-order chi connectivity index (χ1) is 9.65. The molecule has 2 rings (SSSR count). The van der Waals surface area contributed by atoms with E-state index in [1.807, 2.05) is 6.92 Å². The van der Waals surface area contributed by atoms with Crippen LogP contribution in [-0.2, 0) is 4.79 Å². The maximum Gasteiger partial charge on any atom is 0.387 e. The van der Waals surface area contributed by atoms with Crippen molar-refractivity contribution in [3.8, 4) is 0 Å². The third-order valence-electron chi connectivity index (χ3n) is 3.15. The van der Waals surface area contributed by atoms with Crippen LogP contribution in [0.5, 0.6) is 0 Å². The highest BCUT2D eigenvalue weighted by Gasteiger charge is 2.32. The zero-order chi connectivity index (χ0) is 14.5. The van der Waals surface area contributed by atoms with Crippen LogP contribution in [0.3, 0.4) is 0 Å². The van der Waals surface area contributed by atoms with Gasteiger partial charge in [0.05, 0.1) is 0 Å². The lowest BCUT2D eigenvalue weighted by Gasteiger charge is -2.36. The first-order valence-electron chi connectivity index (χ1n) is 6.49. The smallest absolute Gasteiger partial charge is 0.358 e. The van der Waals surface area contributed by atoms with Crippen LogP contribution in [0.25, 0.3) is 0 Å². The second kappa shape index (κ2) is 6.29. The molecule has 0 spiro atoms. The van der Waals surface area contributed by atoms with Gasteiger partial charge in [-0.2, -0.15) is 0 Å². The lowest BCUT2D eigenvalue weighted by Crippen LogP contribution is -2.58. The second-order valence-corrected chi connectivity index (χ2v) is 4.41. The highest BCUT2D eigenvalue weighted by Crippen LogP contribution is 2.27. The summed E-state index contributed by atoms with van der Waals surface area (Å²) >= 11 is 0. The van der Waals surface area contributed by atoms with Gasteiger partial charge in [-0.1, -0.05) is 0 Å². The van der Waals surface area contributed by atoms with E-state index in [9.17, 15) is 14.9 Å². The molecule has 1 aliphatic rings. The predicted octanol–water partition coefficient (Wildman–Crippen LogP) is -0.0959. The number of likely N-dealkylation sites (N-methyl/N-ethyl adjacent to an activating group) is 1. The van der Waals surface area contributed by atoms with Crippen molar-refractivity contribution in [1.29, 1.82) is 0 Å². The topological polar surface area (TPSA) is 100 Å². The first kappa shape index (κ1) is 14.2. The Labute approximate surface area is 116 Å². The molecule has 1 fully saturated rings. The molecule has 0 aliphatic carbocycles. The summed E-state index contributed by atoms with van der Waals surface area (Å²) in [5.74, 6) is -0.360. The van der Waals surface area contributed by atoms with Gasteiger partial charge < -0.3 is 25.6 Å². The number of carbonyl (C=O) groups excluding carboxylic acids is 1. The molecule has 1 aromatic rings. The van der Waals surface area contributed by atoms with Gasteiger partial charge in [0, 0.05) is 26.2 Å². The molecule has 8 heteroatoms. The number of anilines is 1. The van der Waals surface area contributed by atoms with Crippen LogP contribution in [0.1, 0.15) is 6.92 Å². The van der Waals surface area contributed by atoms with Crippen LogP contribution in [0.4, 0.5) is 11.5 Å². The molecule has 1 aliphatic heterocycles. The Morgan fingerprint density at radius 3 is 3.20 bits per heavy atom. The van der Waals surface area contributed by atoms with E-state index in [1.54, 1.807) is 17.0 Å². The van der Waals surface area contributed by atoms with E-state index < -0.39 is 11.0 Å². The monoisotopic (exact) mass is 279 g/mol. The average molecular weight is 279 g/mol. The van der Waals surface area contributed by atoms with Crippen molar-refractivity contribution in [2.75, 3.05) is 31.1 Å². The van der Waals surface area contributed by atoms with Gasteiger partial charge in [0.25, 0.3) is 0 Å². The summed E-state index contributed by atoms with van der Waals surface area (Å²) in [5, 5.41) is 16.9. The van der Waals surface area contributed by atoms with Crippen molar-refractivity contribution in [3.05, 3.63) is 28.4 Å². The molecule has 1 amide bonds. The van der Waals surface area contributed by atoms with Gasteiger partial charge in [-0.3, -0.25) is 4.79 Å². The Hall–Kier alpha value is -2.22. The Morgan fingerprint density at radius 2 is 2.50 bits per heavy atom. The molecule has 20 heavy (non-hydrogen) atoms. The molecule has 0 aromatic carbocycles. The summed E-state index contributed by atoms with van der Waals surface area (Å²) in [6.45, 7) is 4.01. The summed E-state index contributed by atoms with van der Waals surface area (Å²) in [6, 6.07) is 2.80. The summed E-state index contributed by atoms with van der Waals surface area (Å²) in [7, 11) is 0. The number of carbonyl (C=O) groups is 1. The molecule has 1 atom stereocenters. The van der Waals surface area contributed by atoms with Crippen LogP contribution in [0.15, 0.2) is 18.3 Å². The van der Waals surface area contributed by atoms with Gasteiger partial charge in [-0.15, -0.1) is 0 Å². The van der Waals surface area contributed by atoms with Gasteiger partial charge in [0.1, 0.15) is 17.9 Å². The summed E-state index contributed by atoms with van der Waals surface area (Å²) in [5.41, 5.74) is 0.384. The molecule has 1 aromatic heterocycles. The third kappa shape index (κ3) is 2.85. The number of hydrogen-bond acceptors (Lipinski definition) is 6. The number of pyridine rings is 1. The largest absolute Gasteiger partial charge is 0.387 e. The molecule has 0 saturated carbocycles. The van der Waals surface area contributed by atoms with E-state index in [-0.39, 0.29) is 11.7 Å². The molecule has 1 saturated heterocycles. The zero-order valence-corrected chi connectivity index (χ0v) is 11.2. The van der Waals surface area contributed by atoms with Crippen LogP contribution in [0.2, 0.25) is 0 Å². The van der Waals surface area contributed by atoms with Crippen LogP contribution < -0.4 is 15.5 Å². The number of piperazine rings is 1. The van der Waals surface area contributed by atoms with Gasteiger partial charge >= 0.3 is 5.82 Å². The number of aromatic nitrogens is 1. The fourth-order valence-corrected chi connectivity index (χ4v) is 2.27. The standard InChI is InChI=1S/C12H17N5O3/c1-2-14-12(18)10-8-13-6-7-16(10)9-4-3-5-15-11(9)17(19)20/h3-5,10,13H,2,6-8H2,1H3,(H,14,18). The lowest BCUT2D eigenvalue weighted by atomic mass is 10.1. The minimum absolute atomic E-state index is 0.141. The van der Waals surface area contributed by atoms with Crippen LogP contribution in [0, 0.1) is 10.1 Å². The van der Waals surface area contributed by atoms with E-state index >= 15 is 0 Å². The molecular weight excluding hydrogens is 262 g/mol. The minimum atomic E-state index is -0.522. The third-order valence-corrected chi connectivity index (χ3v) is 3.15. The Balaban J connectivity index is 2.33. The molecule has 2 heterocycles. The molecule has 0 bridgehead atoms. The van der Waals surface area contributed by atoms with Gasteiger partial charge in [0.15, 0.2) is 0 Å². The zero-order valence-electron chi connectivity index (χ0n) is 11.2. The maximum absolute atomic E-state index is 12.1. The van der Waals surface area contributed by atoms with Crippen molar-refractivity contribution in [3.63, 3.8) is 0 Å². The predicted molar refractivity (Wildman–Crippen MR) is 73.6 cm³/mol. The lowest BCUT2D eigenvalue weighted by molar-refractivity contribution is -0.388. The Kier molecular flexibility index (Phi) is 4.46. The van der Waals surface area contributed by atoms with Crippen molar-refractivity contribution < 1.29 is 9.72 Å². The summed E-state index contributed by atoms with van der Waals surface area (Å²) in [4.78, 5) is 28.2. The van der Waals surface area contributed by atoms with Crippen LogP contribution in [-0.4, -0.2) is 48.0 Å². The van der Waals surface area contributed by atoms with Crippen molar-refractivity contribution >= 4 is 17.4 Å². The maximum atomic E-state index is 12.1. The van der Waals surface area contributed by atoms with Gasteiger partial charge in [-0.25, -0.2) is 0 Å². The second-order valence-electron chi connectivity index (χ2n) is 4.41. The van der Waals surface area contributed by atoms with E-state index in [1.165, 1.54) is 6.20 Å². The number of nitro groups is 1. The van der Waals surface area contributed by atoms with Crippen LogP contribution >= 0.6 is 0 Å². The molecule has 1 unspecified atom stereocenters. The fourth-order valence-electron chi connectivity index (χ4n) is 2.27. The summed E-state index contributed by atoms with van der Waals surface area (Å²) < 4.78 is 0. The Bertz CT molecular complexity index is 508. The number of nitrogens with zero attached hydrogens (tertiary/aromatic N) is 3. The number of hydrogen-bond donors (Lipinski definition) is 2. The quantitative estimate of drug-likeness (QED) is 0.590. The fraction of sp³-hybridized carbons (Fsp3) is 0.500. The highest BCUT2D eigenvalue weighted by molar-refractivity contribution is 5.86. The molecular formula is C12H17N5O3. The average Bonchev–Trinajstić information content (AvgIpc) is 2.47. The van der Waals surface area contributed by atoms with Crippen molar-refractivity contribution in [2.24, 2.45) is 0 Å². The highest BCUT2D eigenvalue weighted by atomic mass is 16.6. The number of amides is 1. The van der Waals surface area contributed by atoms with E-state index in [0.717, 1.165) is 0 Å². The number of rotatable bonds is 4. The van der Waals surface area contributed by atoms with E-state index in [2.05, 4.69) is 15.6 Å². The molecule has 108 valence electrons. The molecule has 2 N–H and O–H groups in total. The van der Waals surface area contributed by atoms with Gasteiger partial charge in [0.2, 0.25) is 5.91 Å². The van der Waals surface area contributed by atoms with Crippen molar-refractivity contribution in [2.45, 2.75) is 13.0 Å². The van der Waals surface area contributed by atoms with E-state index in [4.69, 9.17) is 0 Å². The first-order valence-corrected chi connectivity index (χ1v) is 6.49. The number of nitrogens with one attached hydrogen (secondary N) is 2. The van der Waals surface area contributed by atoms with E-state index in [0.29, 0.717) is 31.9 Å². The molecule has 8 nitrogen and oxygen atoms in total. The minimum Gasteiger partial charge on any atom is -0.358 e.